The van der Waals surface area contributed by atoms with Crippen molar-refractivity contribution in [1.29, 1.82) is 0 Å². The molecule has 1 aliphatic heterocycles. The van der Waals surface area contributed by atoms with Crippen molar-refractivity contribution < 1.29 is 9.90 Å². The first-order valence-corrected chi connectivity index (χ1v) is 7.55. The molecule has 1 N–H and O–H groups in total. The predicted molar refractivity (Wildman–Crippen MR) is 80.4 cm³/mol. The van der Waals surface area contributed by atoms with E-state index in [0.29, 0.717) is 5.92 Å². The van der Waals surface area contributed by atoms with Gasteiger partial charge in [0.1, 0.15) is 0 Å². The number of aryl methyl sites for hydroxylation is 1. The van der Waals surface area contributed by atoms with E-state index in [1.807, 2.05) is 11.8 Å². The Bertz CT molecular complexity index is 433. The van der Waals surface area contributed by atoms with E-state index in [9.17, 15) is 4.79 Å². The molecular formula is C17H25NO2. The van der Waals surface area contributed by atoms with Crippen LogP contribution in [0.5, 0.6) is 0 Å². The molecule has 1 aromatic carbocycles. The van der Waals surface area contributed by atoms with E-state index >= 15 is 0 Å². The van der Waals surface area contributed by atoms with Crippen molar-refractivity contribution in [2.75, 3.05) is 19.7 Å². The van der Waals surface area contributed by atoms with Crippen LogP contribution in [0.25, 0.3) is 0 Å². The number of hydrogen-bond donors (Lipinski definition) is 1. The lowest BCUT2D eigenvalue weighted by Crippen LogP contribution is -2.42. The molecule has 1 fully saturated rings. The van der Waals surface area contributed by atoms with E-state index in [0.717, 1.165) is 32.4 Å². The molecule has 1 saturated heterocycles. The average molecular weight is 275 g/mol. The van der Waals surface area contributed by atoms with E-state index in [1.165, 1.54) is 11.1 Å². The zero-order chi connectivity index (χ0) is 14.5. The molecule has 0 saturated carbocycles. The number of nitrogens with zero attached hydrogens (tertiary/aromatic N) is 1. The van der Waals surface area contributed by atoms with Crippen LogP contribution in [0, 0.1) is 18.8 Å². The number of carbonyl (C=O) groups is 1. The van der Waals surface area contributed by atoms with Gasteiger partial charge >= 0.3 is 0 Å². The van der Waals surface area contributed by atoms with Crippen LogP contribution in [0.2, 0.25) is 0 Å². The second-order valence-electron chi connectivity index (χ2n) is 6.04. The molecule has 20 heavy (non-hydrogen) atoms. The lowest BCUT2D eigenvalue weighted by molar-refractivity contribution is -0.136. The normalized spacial score (nSPS) is 18.1. The van der Waals surface area contributed by atoms with Crippen LogP contribution in [-0.2, 0) is 11.2 Å². The van der Waals surface area contributed by atoms with Crippen LogP contribution >= 0.6 is 0 Å². The molecular weight excluding hydrogens is 250 g/mol. The Hall–Kier alpha value is -1.35. The molecule has 1 aliphatic rings. The summed E-state index contributed by atoms with van der Waals surface area (Å²) < 4.78 is 0. The maximum Gasteiger partial charge on any atom is 0.225 e. The number of likely N-dealkylation sites (tertiary alicyclic amines) is 1. The van der Waals surface area contributed by atoms with Gasteiger partial charge in [-0.25, -0.2) is 0 Å². The van der Waals surface area contributed by atoms with Crippen molar-refractivity contribution in [2.24, 2.45) is 11.8 Å². The van der Waals surface area contributed by atoms with E-state index in [2.05, 4.69) is 31.2 Å². The van der Waals surface area contributed by atoms with Gasteiger partial charge in [-0.1, -0.05) is 36.8 Å². The Labute approximate surface area is 121 Å². The fraction of sp³-hybridized carbons (Fsp3) is 0.588. The molecule has 2 rings (SSSR count). The van der Waals surface area contributed by atoms with Crippen LogP contribution in [0.3, 0.4) is 0 Å². The molecule has 1 heterocycles. The Kier molecular flexibility index (Phi) is 5.18. The molecule has 0 aromatic heterocycles. The average Bonchev–Trinajstić information content (AvgIpc) is 2.49. The molecule has 110 valence electrons. The van der Waals surface area contributed by atoms with Gasteiger partial charge in [0.15, 0.2) is 0 Å². The molecule has 1 aromatic rings. The van der Waals surface area contributed by atoms with E-state index < -0.39 is 0 Å². The summed E-state index contributed by atoms with van der Waals surface area (Å²) in [4.78, 5) is 14.4. The van der Waals surface area contributed by atoms with Crippen molar-refractivity contribution in [2.45, 2.75) is 33.1 Å². The van der Waals surface area contributed by atoms with Crippen molar-refractivity contribution in [3.05, 3.63) is 35.4 Å². The van der Waals surface area contributed by atoms with Crippen LogP contribution in [0.15, 0.2) is 24.3 Å². The zero-order valence-electron chi connectivity index (χ0n) is 12.5. The summed E-state index contributed by atoms with van der Waals surface area (Å²) in [5, 5.41) is 9.14. The van der Waals surface area contributed by atoms with Crippen molar-refractivity contribution >= 4 is 5.91 Å². The predicted octanol–water partition coefficient (Wildman–Crippen LogP) is 2.40. The Morgan fingerprint density at radius 2 is 1.90 bits per heavy atom. The summed E-state index contributed by atoms with van der Waals surface area (Å²) in [6.45, 7) is 5.93. The highest BCUT2D eigenvalue weighted by molar-refractivity contribution is 5.78. The maximum atomic E-state index is 12.4. The zero-order valence-corrected chi connectivity index (χ0v) is 12.5. The highest BCUT2D eigenvalue weighted by Crippen LogP contribution is 2.19. The fourth-order valence-corrected chi connectivity index (χ4v) is 2.81. The van der Waals surface area contributed by atoms with Gasteiger partial charge in [-0.05, 0) is 37.7 Å². The number of aliphatic hydroxyl groups is 1. The van der Waals surface area contributed by atoms with E-state index in [1.54, 1.807) is 0 Å². The maximum absolute atomic E-state index is 12.4. The summed E-state index contributed by atoms with van der Waals surface area (Å²) in [7, 11) is 0. The highest BCUT2D eigenvalue weighted by Gasteiger charge is 2.25. The largest absolute Gasteiger partial charge is 0.396 e. The minimum absolute atomic E-state index is 0.0309. The van der Waals surface area contributed by atoms with Gasteiger partial charge in [0.2, 0.25) is 5.91 Å². The van der Waals surface area contributed by atoms with Gasteiger partial charge in [-0.3, -0.25) is 4.79 Å². The Morgan fingerprint density at radius 3 is 2.45 bits per heavy atom. The first-order valence-electron chi connectivity index (χ1n) is 7.55. The summed E-state index contributed by atoms with van der Waals surface area (Å²) in [5.41, 5.74) is 2.47. The summed E-state index contributed by atoms with van der Waals surface area (Å²) in [6.07, 6.45) is 2.66. The number of aliphatic hydroxyl groups excluding tert-OH is 1. The van der Waals surface area contributed by atoms with Crippen LogP contribution in [0.4, 0.5) is 0 Å². The van der Waals surface area contributed by atoms with Crippen LogP contribution < -0.4 is 0 Å². The number of rotatable bonds is 4. The van der Waals surface area contributed by atoms with E-state index in [4.69, 9.17) is 5.11 Å². The van der Waals surface area contributed by atoms with Gasteiger partial charge in [-0.2, -0.15) is 0 Å². The third-order valence-electron chi connectivity index (χ3n) is 4.27. The third-order valence-corrected chi connectivity index (χ3v) is 4.27. The fourth-order valence-electron chi connectivity index (χ4n) is 2.81. The molecule has 1 atom stereocenters. The van der Waals surface area contributed by atoms with Gasteiger partial charge in [-0.15, -0.1) is 0 Å². The van der Waals surface area contributed by atoms with Gasteiger partial charge in [0.05, 0.1) is 0 Å². The minimum Gasteiger partial charge on any atom is -0.396 e. The van der Waals surface area contributed by atoms with Crippen molar-refractivity contribution in [3.63, 3.8) is 0 Å². The molecule has 0 aliphatic carbocycles. The Balaban J connectivity index is 1.87. The standard InChI is InChI=1S/C17H25NO2/c1-13-3-5-15(6-4-13)11-14(2)17(20)18-9-7-16(12-19)8-10-18/h3-6,14,16,19H,7-12H2,1-2H3. The number of carbonyl (C=O) groups excluding carboxylic acids is 1. The Morgan fingerprint density at radius 1 is 1.30 bits per heavy atom. The molecule has 0 spiro atoms. The van der Waals surface area contributed by atoms with Gasteiger partial charge < -0.3 is 10.0 Å². The first-order chi connectivity index (χ1) is 9.60. The molecule has 1 amide bonds. The molecule has 3 nitrogen and oxygen atoms in total. The van der Waals surface area contributed by atoms with Gasteiger partial charge in [0.25, 0.3) is 0 Å². The van der Waals surface area contributed by atoms with Crippen LogP contribution in [0.1, 0.15) is 30.9 Å². The number of amides is 1. The third kappa shape index (κ3) is 3.83. The summed E-state index contributed by atoms with van der Waals surface area (Å²) in [5.74, 6) is 0.664. The smallest absolute Gasteiger partial charge is 0.225 e. The summed E-state index contributed by atoms with van der Waals surface area (Å²) >= 11 is 0. The van der Waals surface area contributed by atoms with Crippen molar-refractivity contribution in [3.8, 4) is 0 Å². The molecule has 0 radical (unpaired) electrons. The minimum atomic E-state index is 0.0309. The van der Waals surface area contributed by atoms with Crippen molar-refractivity contribution in [1.82, 2.24) is 4.90 Å². The quantitative estimate of drug-likeness (QED) is 0.916. The van der Waals surface area contributed by atoms with Crippen LogP contribution in [-0.4, -0.2) is 35.6 Å². The molecule has 0 bridgehead atoms. The van der Waals surface area contributed by atoms with Gasteiger partial charge in [0, 0.05) is 25.6 Å². The molecule has 3 heteroatoms. The monoisotopic (exact) mass is 275 g/mol. The number of hydrogen-bond acceptors (Lipinski definition) is 2. The number of benzene rings is 1. The topological polar surface area (TPSA) is 40.5 Å². The lowest BCUT2D eigenvalue weighted by Gasteiger charge is -2.33. The van der Waals surface area contributed by atoms with E-state index in [-0.39, 0.29) is 18.4 Å². The second-order valence-corrected chi connectivity index (χ2v) is 6.04. The second kappa shape index (κ2) is 6.89. The number of piperidine rings is 1. The highest BCUT2D eigenvalue weighted by atomic mass is 16.3. The first kappa shape index (κ1) is 15.0. The summed E-state index contributed by atoms with van der Waals surface area (Å²) in [6, 6.07) is 8.41. The molecule has 1 unspecified atom stereocenters. The lowest BCUT2D eigenvalue weighted by atomic mass is 9.94. The SMILES string of the molecule is Cc1ccc(CC(C)C(=O)N2CCC(CO)CC2)cc1.